The van der Waals surface area contributed by atoms with Crippen LogP contribution in [0.4, 0.5) is 0 Å². The minimum Gasteiger partial charge on any atom is -0.299 e. The van der Waals surface area contributed by atoms with Gasteiger partial charge in [0.25, 0.3) is 0 Å². The highest BCUT2D eigenvalue weighted by molar-refractivity contribution is 5.17. The molecule has 0 radical (unpaired) electrons. The van der Waals surface area contributed by atoms with Gasteiger partial charge >= 0.3 is 0 Å². The molecular weight excluding hydrogens is 162 g/mol. The first kappa shape index (κ1) is 8.51. The fraction of sp³-hybridized carbons (Fsp3) is 0.500. The van der Waals surface area contributed by atoms with Crippen LogP contribution < -0.4 is 0 Å². The van der Waals surface area contributed by atoms with Gasteiger partial charge in [-0.05, 0) is 25.9 Å². The number of likely N-dealkylation sites (tertiary alicyclic amines) is 1. The van der Waals surface area contributed by atoms with Crippen molar-refractivity contribution >= 4 is 6.20 Å². The van der Waals surface area contributed by atoms with E-state index in [-0.39, 0.29) is 0 Å². The highest BCUT2D eigenvalue weighted by atomic mass is 15.3. The Kier molecular flexibility index (Phi) is 2.45. The molecule has 70 valence electrons. The van der Waals surface area contributed by atoms with Gasteiger partial charge in [0.15, 0.2) is 0 Å². The normalized spacial score (nSPS) is 17.8. The van der Waals surface area contributed by atoms with E-state index in [1.807, 2.05) is 12.4 Å². The van der Waals surface area contributed by atoms with Crippen LogP contribution in [0.15, 0.2) is 19.0 Å². The van der Waals surface area contributed by atoms with Gasteiger partial charge in [0.1, 0.15) is 0 Å². The van der Waals surface area contributed by atoms with Crippen molar-refractivity contribution in [3.05, 3.63) is 24.5 Å². The van der Waals surface area contributed by atoms with E-state index in [0.29, 0.717) is 0 Å². The topological polar surface area (TPSA) is 21.1 Å². The number of rotatable bonds is 3. The highest BCUT2D eigenvalue weighted by Gasteiger charge is 2.11. The number of hydrogen-bond acceptors (Lipinski definition) is 2. The van der Waals surface area contributed by atoms with Crippen LogP contribution in [-0.2, 0) is 6.54 Å². The van der Waals surface area contributed by atoms with Crippen LogP contribution in [0, 0.1) is 0 Å². The molecule has 1 aliphatic heterocycles. The first-order chi connectivity index (χ1) is 6.38. The molecule has 2 rings (SSSR count). The molecular formula is C10H15N3. The molecule has 0 aromatic carbocycles. The Morgan fingerprint density at radius 1 is 1.46 bits per heavy atom. The Morgan fingerprint density at radius 3 is 2.85 bits per heavy atom. The minimum atomic E-state index is 1.04. The van der Waals surface area contributed by atoms with Crippen molar-refractivity contribution in [3.63, 3.8) is 0 Å². The van der Waals surface area contributed by atoms with Gasteiger partial charge in [-0.1, -0.05) is 6.58 Å². The third-order valence-corrected chi connectivity index (χ3v) is 2.45. The average Bonchev–Trinajstić information content (AvgIpc) is 2.76. The van der Waals surface area contributed by atoms with Crippen molar-refractivity contribution in [3.8, 4) is 0 Å². The summed E-state index contributed by atoms with van der Waals surface area (Å²) in [4.78, 5) is 2.46. The summed E-state index contributed by atoms with van der Waals surface area (Å²) in [6, 6.07) is 0. The summed E-state index contributed by atoms with van der Waals surface area (Å²) in [5.74, 6) is 0. The first-order valence-electron chi connectivity index (χ1n) is 4.76. The zero-order valence-electron chi connectivity index (χ0n) is 7.82. The summed E-state index contributed by atoms with van der Waals surface area (Å²) < 4.78 is 1.76. The molecule has 3 heteroatoms. The Labute approximate surface area is 78.7 Å². The van der Waals surface area contributed by atoms with E-state index in [2.05, 4.69) is 16.6 Å². The predicted octanol–water partition coefficient (Wildman–Crippen LogP) is 1.58. The zero-order chi connectivity index (χ0) is 9.10. The molecule has 0 atom stereocenters. The fourth-order valence-electron chi connectivity index (χ4n) is 1.76. The zero-order valence-corrected chi connectivity index (χ0v) is 7.82. The third kappa shape index (κ3) is 1.98. The van der Waals surface area contributed by atoms with Crippen LogP contribution >= 0.6 is 0 Å². The SMILES string of the molecule is C=Cn1cc(CN2CCCC2)cn1. The molecule has 1 aliphatic rings. The van der Waals surface area contributed by atoms with Gasteiger partial charge in [0.2, 0.25) is 0 Å². The van der Waals surface area contributed by atoms with Crippen molar-refractivity contribution < 1.29 is 0 Å². The molecule has 0 unspecified atom stereocenters. The lowest BCUT2D eigenvalue weighted by atomic mass is 10.3. The van der Waals surface area contributed by atoms with Crippen molar-refractivity contribution in [2.45, 2.75) is 19.4 Å². The van der Waals surface area contributed by atoms with E-state index in [0.717, 1.165) is 6.54 Å². The van der Waals surface area contributed by atoms with Crippen molar-refractivity contribution in [2.24, 2.45) is 0 Å². The van der Waals surface area contributed by atoms with Gasteiger partial charge in [0, 0.05) is 24.5 Å². The Hall–Kier alpha value is -1.09. The van der Waals surface area contributed by atoms with Gasteiger partial charge < -0.3 is 0 Å². The smallest absolute Gasteiger partial charge is 0.0539 e. The Balaban J connectivity index is 1.96. The lowest BCUT2D eigenvalue weighted by Crippen LogP contribution is -2.17. The predicted molar refractivity (Wildman–Crippen MR) is 53.1 cm³/mol. The molecule has 1 saturated heterocycles. The summed E-state index contributed by atoms with van der Waals surface area (Å²) in [5.41, 5.74) is 1.28. The monoisotopic (exact) mass is 177 g/mol. The standard InChI is InChI=1S/C10H15N3/c1-2-13-9-10(7-11-13)8-12-5-3-4-6-12/h2,7,9H,1,3-6,8H2. The third-order valence-electron chi connectivity index (χ3n) is 2.45. The van der Waals surface area contributed by atoms with Gasteiger partial charge in [-0.2, -0.15) is 5.10 Å². The fourth-order valence-corrected chi connectivity index (χ4v) is 1.76. The molecule has 0 bridgehead atoms. The molecule has 0 N–H and O–H groups in total. The molecule has 13 heavy (non-hydrogen) atoms. The quantitative estimate of drug-likeness (QED) is 0.699. The van der Waals surface area contributed by atoms with Crippen LogP contribution in [0.3, 0.4) is 0 Å². The van der Waals surface area contributed by atoms with Crippen LogP contribution in [-0.4, -0.2) is 27.8 Å². The number of nitrogens with zero attached hydrogens (tertiary/aromatic N) is 3. The Morgan fingerprint density at radius 2 is 2.23 bits per heavy atom. The first-order valence-corrected chi connectivity index (χ1v) is 4.76. The van der Waals surface area contributed by atoms with Gasteiger partial charge in [0.05, 0.1) is 6.20 Å². The molecule has 1 aromatic heterocycles. The van der Waals surface area contributed by atoms with Crippen molar-refractivity contribution in [2.75, 3.05) is 13.1 Å². The second-order valence-corrected chi connectivity index (χ2v) is 3.49. The largest absolute Gasteiger partial charge is 0.299 e. The van der Waals surface area contributed by atoms with Crippen molar-refractivity contribution in [1.82, 2.24) is 14.7 Å². The summed E-state index contributed by atoms with van der Waals surface area (Å²) in [5, 5.41) is 4.15. The second kappa shape index (κ2) is 3.75. The van der Waals surface area contributed by atoms with E-state index in [1.165, 1.54) is 31.5 Å². The van der Waals surface area contributed by atoms with Crippen LogP contribution in [0.1, 0.15) is 18.4 Å². The minimum absolute atomic E-state index is 1.04. The van der Waals surface area contributed by atoms with E-state index in [4.69, 9.17) is 0 Å². The van der Waals surface area contributed by atoms with Gasteiger partial charge in [-0.15, -0.1) is 0 Å². The molecule has 0 aliphatic carbocycles. The molecule has 3 nitrogen and oxygen atoms in total. The maximum Gasteiger partial charge on any atom is 0.0539 e. The van der Waals surface area contributed by atoms with E-state index >= 15 is 0 Å². The highest BCUT2D eigenvalue weighted by Crippen LogP contribution is 2.11. The summed E-state index contributed by atoms with van der Waals surface area (Å²) >= 11 is 0. The average molecular weight is 177 g/mol. The maximum atomic E-state index is 4.15. The molecule has 2 heterocycles. The number of hydrogen-bond donors (Lipinski definition) is 0. The van der Waals surface area contributed by atoms with Crippen molar-refractivity contribution in [1.29, 1.82) is 0 Å². The Bertz CT molecular complexity index is 284. The second-order valence-electron chi connectivity index (χ2n) is 3.49. The lowest BCUT2D eigenvalue weighted by Gasteiger charge is -2.11. The van der Waals surface area contributed by atoms with Crippen LogP contribution in [0.5, 0.6) is 0 Å². The van der Waals surface area contributed by atoms with Crippen LogP contribution in [0.25, 0.3) is 6.20 Å². The number of aromatic nitrogens is 2. The van der Waals surface area contributed by atoms with E-state index in [9.17, 15) is 0 Å². The van der Waals surface area contributed by atoms with Gasteiger partial charge in [-0.3, -0.25) is 4.90 Å². The van der Waals surface area contributed by atoms with Crippen LogP contribution in [0.2, 0.25) is 0 Å². The summed E-state index contributed by atoms with van der Waals surface area (Å²) in [6.45, 7) is 7.17. The molecule has 1 fully saturated rings. The maximum absolute atomic E-state index is 4.15. The molecule has 0 saturated carbocycles. The van der Waals surface area contributed by atoms with E-state index in [1.54, 1.807) is 10.9 Å². The van der Waals surface area contributed by atoms with E-state index < -0.39 is 0 Å². The summed E-state index contributed by atoms with van der Waals surface area (Å²) in [7, 11) is 0. The lowest BCUT2D eigenvalue weighted by molar-refractivity contribution is 0.331. The molecule has 0 amide bonds. The molecule has 0 spiro atoms. The molecule has 1 aromatic rings. The van der Waals surface area contributed by atoms with Gasteiger partial charge in [-0.25, -0.2) is 4.68 Å². The summed E-state index contributed by atoms with van der Waals surface area (Å²) in [6.07, 6.45) is 8.35.